The van der Waals surface area contributed by atoms with E-state index in [2.05, 4.69) is 179 Å². The Kier molecular flexibility index (Phi) is 10.9. The molecule has 4 nitrogen and oxygen atoms in total. The van der Waals surface area contributed by atoms with Crippen molar-refractivity contribution >= 4 is 136 Å². The zero-order valence-electron chi connectivity index (χ0n) is 19.3. The molecular formula is C26H22I6O4. The summed E-state index contributed by atoms with van der Waals surface area (Å²) in [6.07, 6.45) is 1.27. The van der Waals surface area contributed by atoms with Crippen LogP contribution in [0.25, 0.3) is 0 Å². The first-order valence-corrected chi connectivity index (χ1v) is 17.6. The maximum atomic E-state index is 10.5. The van der Waals surface area contributed by atoms with E-state index < -0.39 is 5.41 Å². The van der Waals surface area contributed by atoms with Crippen LogP contribution in [0.1, 0.15) is 37.0 Å². The Morgan fingerprint density at radius 3 is 1.56 bits per heavy atom. The van der Waals surface area contributed by atoms with E-state index in [0.29, 0.717) is 25.1 Å². The number of hydrogen-bond donors (Lipinski definition) is 1. The molecule has 0 radical (unpaired) electrons. The molecule has 0 amide bonds. The third-order valence-corrected chi connectivity index (χ3v) is 11.0. The van der Waals surface area contributed by atoms with Crippen molar-refractivity contribution in [3.05, 3.63) is 74.5 Å². The third-order valence-electron chi connectivity index (χ3n) is 6.12. The number of halogens is 6. The van der Waals surface area contributed by atoms with Crippen LogP contribution < -0.4 is 9.47 Å². The minimum absolute atomic E-state index is 0.325. The van der Waals surface area contributed by atoms with Crippen molar-refractivity contribution in [1.82, 2.24) is 0 Å². The fourth-order valence-corrected chi connectivity index (χ4v) is 9.93. The Morgan fingerprint density at radius 2 is 1.17 bits per heavy atom. The Morgan fingerprint density at radius 1 is 0.778 bits per heavy atom. The molecule has 3 aromatic rings. The smallest absolute Gasteiger partial charge is 0.145 e. The molecule has 0 aromatic heterocycles. The number of rotatable bonds is 9. The van der Waals surface area contributed by atoms with Gasteiger partial charge in [0.2, 0.25) is 0 Å². The summed E-state index contributed by atoms with van der Waals surface area (Å²) in [7, 11) is 0. The average Bonchev–Trinajstić information content (AvgIpc) is 3.65. The van der Waals surface area contributed by atoms with E-state index in [0.717, 1.165) is 51.5 Å². The molecule has 192 valence electrons. The summed E-state index contributed by atoms with van der Waals surface area (Å²) in [5, 5.41) is 10.5. The summed E-state index contributed by atoms with van der Waals surface area (Å²) in [6, 6.07) is 13.1. The molecule has 3 aromatic carbocycles. The number of benzene rings is 3. The van der Waals surface area contributed by atoms with Gasteiger partial charge in [0, 0.05) is 11.8 Å². The van der Waals surface area contributed by atoms with E-state index in [1.165, 1.54) is 11.1 Å². The van der Waals surface area contributed by atoms with Crippen LogP contribution in [0.5, 0.6) is 17.2 Å². The highest BCUT2D eigenvalue weighted by Crippen LogP contribution is 2.46. The number of hydrogen-bond acceptors (Lipinski definition) is 4. The molecule has 4 rings (SSSR count). The molecule has 2 atom stereocenters. The molecule has 1 aliphatic rings. The van der Waals surface area contributed by atoms with Gasteiger partial charge in [0.1, 0.15) is 17.2 Å². The molecule has 1 fully saturated rings. The largest absolute Gasteiger partial charge is 0.506 e. The zero-order valence-corrected chi connectivity index (χ0v) is 32.3. The predicted octanol–water partition coefficient (Wildman–Crippen LogP) is 8.94. The number of ether oxygens (including phenoxy) is 3. The van der Waals surface area contributed by atoms with E-state index in [1.54, 1.807) is 0 Å². The average molecular weight is 1160 g/mol. The van der Waals surface area contributed by atoms with Gasteiger partial charge in [0.05, 0.1) is 47.3 Å². The Balaban J connectivity index is 1.88. The first-order valence-electron chi connectivity index (χ1n) is 11.1. The van der Waals surface area contributed by atoms with E-state index in [1.807, 2.05) is 6.92 Å². The molecule has 2 unspecified atom stereocenters. The fraction of sp³-hybridized carbons (Fsp3) is 0.308. The Labute approximate surface area is 293 Å². The number of epoxide rings is 1. The first-order chi connectivity index (χ1) is 17.1. The minimum Gasteiger partial charge on any atom is -0.506 e. The molecule has 1 saturated heterocycles. The first kappa shape index (κ1) is 30.4. The molecule has 10 heteroatoms. The quantitative estimate of drug-likeness (QED) is 0.132. The maximum Gasteiger partial charge on any atom is 0.145 e. The Bertz CT molecular complexity index is 1220. The van der Waals surface area contributed by atoms with Crippen LogP contribution in [0.15, 0.2) is 36.4 Å². The van der Waals surface area contributed by atoms with E-state index in [-0.39, 0.29) is 0 Å². The molecule has 0 aliphatic carbocycles. The summed E-state index contributed by atoms with van der Waals surface area (Å²) in [6.45, 7) is 6.40. The van der Waals surface area contributed by atoms with Gasteiger partial charge in [0.15, 0.2) is 0 Å². The lowest BCUT2D eigenvalue weighted by Crippen LogP contribution is -2.27. The minimum atomic E-state index is -0.474. The number of phenols is 1. The van der Waals surface area contributed by atoms with Crippen LogP contribution in [0.3, 0.4) is 0 Å². The van der Waals surface area contributed by atoms with Crippen molar-refractivity contribution in [2.45, 2.75) is 31.8 Å². The fourth-order valence-electron chi connectivity index (χ4n) is 4.00. The highest BCUT2D eigenvalue weighted by molar-refractivity contribution is 14.1. The molecule has 0 bridgehead atoms. The lowest BCUT2D eigenvalue weighted by atomic mass is 9.71. The highest BCUT2D eigenvalue weighted by atomic mass is 127. The number of phenolic OH excluding ortho intramolecular Hbond substituents is 1. The summed E-state index contributed by atoms with van der Waals surface area (Å²) in [5.74, 6) is 2.17. The normalized spacial score (nSPS) is 16.5. The van der Waals surface area contributed by atoms with Gasteiger partial charge in [-0.25, -0.2) is 0 Å². The predicted molar refractivity (Wildman–Crippen MR) is 194 cm³/mol. The van der Waals surface area contributed by atoms with Crippen molar-refractivity contribution in [3.8, 4) is 17.2 Å². The van der Waals surface area contributed by atoms with E-state index in [9.17, 15) is 5.11 Å². The van der Waals surface area contributed by atoms with Gasteiger partial charge in [-0.15, -0.1) is 0 Å². The second-order valence-electron chi connectivity index (χ2n) is 8.48. The molecule has 36 heavy (non-hydrogen) atoms. The molecule has 1 heterocycles. The van der Waals surface area contributed by atoms with Gasteiger partial charge in [-0.05, 0) is 202 Å². The topological polar surface area (TPSA) is 51.2 Å². The van der Waals surface area contributed by atoms with Crippen molar-refractivity contribution in [2.24, 2.45) is 0 Å². The molecule has 1 aliphatic heterocycles. The van der Waals surface area contributed by atoms with Gasteiger partial charge in [-0.2, -0.15) is 0 Å². The second-order valence-corrected chi connectivity index (χ2v) is 15.5. The SMILES string of the molecule is CCOc1c(I)cc(C(C)(c2cc(I)c(O)c(I)c2)c2cc(I)c(OCCC3CO3)c(I)c2)cc1I. The van der Waals surface area contributed by atoms with Crippen LogP contribution in [0.2, 0.25) is 0 Å². The molecule has 0 spiro atoms. The molecule has 0 saturated carbocycles. The van der Waals surface area contributed by atoms with Crippen LogP contribution in [0, 0.1) is 21.4 Å². The van der Waals surface area contributed by atoms with Gasteiger partial charge in [-0.1, -0.05) is 0 Å². The lowest BCUT2D eigenvalue weighted by molar-refractivity contribution is 0.280. The third kappa shape index (κ3) is 6.64. The van der Waals surface area contributed by atoms with Crippen LogP contribution in [0.4, 0.5) is 0 Å². The zero-order chi connectivity index (χ0) is 26.2. The van der Waals surface area contributed by atoms with Gasteiger partial charge in [0.25, 0.3) is 0 Å². The van der Waals surface area contributed by atoms with Crippen molar-refractivity contribution < 1.29 is 19.3 Å². The maximum absolute atomic E-state index is 10.5. The monoisotopic (exact) mass is 1160 g/mol. The van der Waals surface area contributed by atoms with Crippen molar-refractivity contribution in [3.63, 3.8) is 0 Å². The summed E-state index contributed by atoms with van der Waals surface area (Å²) < 4.78 is 23.4. The summed E-state index contributed by atoms with van der Waals surface area (Å²) in [5.41, 5.74) is 2.99. The van der Waals surface area contributed by atoms with Crippen LogP contribution >= 0.6 is 136 Å². The van der Waals surface area contributed by atoms with E-state index in [4.69, 9.17) is 14.2 Å². The highest BCUT2D eigenvalue weighted by Gasteiger charge is 2.35. The molecule has 1 N–H and O–H groups in total. The standard InChI is InChI=1S/C26H22I6O4/c1-3-34-24-19(29)8-14(9-20(24)30)26(2,13-6-17(27)23(33)18(28)7-13)15-10-21(31)25(22(32)11-15)35-5-4-16-12-36-16/h6-11,16,33H,3-5,12H2,1-2H3. The second kappa shape index (κ2) is 12.9. The summed E-state index contributed by atoms with van der Waals surface area (Å²) >= 11 is 13.9. The van der Waals surface area contributed by atoms with Gasteiger partial charge in [-0.3, -0.25) is 0 Å². The molecular weight excluding hydrogens is 1140 g/mol. The van der Waals surface area contributed by atoms with Crippen molar-refractivity contribution in [1.29, 1.82) is 0 Å². The summed E-state index contributed by atoms with van der Waals surface area (Å²) in [4.78, 5) is 0. The van der Waals surface area contributed by atoms with E-state index >= 15 is 0 Å². The van der Waals surface area contributed by atoms with Gasteiger partial charge >= 0.3 is 0 Å². The van der Waals surface area contributed by atoms with Crippen molar-refractivity contribution in [2.75, 3.05) is 19.8 Å². The lowest BCUT2D eigenvalue weighted by Gasteiger charge is -2.34. The van der Waals surface area contributed by atoms with Crippen LogP contribution in [-0.2, 0) is 10.2 Å². The Hall–Kier alpha value is 1.40. The number of aromatic hydroxyl groups is 1. The van der Waals surface area contributed by atoms with Gasteiger partial charge < -0.3 is 19.3 Å². The van der Waals surface area contributed by atoms with Crippen LogP contribution in [-0.4, -0.2) is 31.0 Å².